The van der Waals surface area contributed by atoms with E-state index in [1.54, 1.807) is 21.6 Å². The van der Waals surface area contributed by atoms with Crippen LogP contribution in [0.3, 0.4) is 0 Å². The minimum Gasteiger partial charge on any atom is -0.382 e. The zero-order valence-corrected chi connectivity index (χ0v) is 15.6. The first kappa shape index (κ1) is 16.5. The number of anilines is 1. The number of fused-ring (bicyclic) bond motifs is 1. The van der Waals surface area contributed by atoms with Crippen LogP contribution in [0.2, 0.25) is 0 Å². The van der Waals surface area contributed by atoms with Gasteiger partial charge in [0.15, 0.2) is 5.82 Å². The van der Waals surface area contributed by atoms with Crippen molar-refractivity contribution >= 4 is 11.3 Å². The number of nitrogen functional groups attached to an aromatic ring is 1. The number of rotatable bonds is 3. The van der Waals surface area contributed by atoms with Crippen LogP contribution < -0.4 is 5.73 Å². The van der Waals surface area contributed by atoms with Crippen LogP contribution in [0.4, 0.5) is 5.82 Å². The van der Waals surface area contributed by atoms with Gasteiger partial charge in [0.2, 0.25) is 0 Å². The first-order chi connectivity index (χ1) is 13.5. The van der Waals surface area contributed by atoms with Crippen molar-refractivity contribution in [3.63, 3.8) is 0 Å². The fourth-order valence-electron chi connectivity index (χ4n) is 3.85. The lowest BCUT2D eigenvalue weighted by Crippen LogP contribution is -2.35. The molecule has 4 aromatic heterocycles. The molecular weight excluding hydrogens is 354 g/mol. The van der Waals surface area contributed by atoms with Crippen LogP contribution in [0.1, 0.15) is 25.8 Å². The van der Waals surface area contributed by atoms with Gasteiger partial charge in [-0.25, -0.2) is 9.50 Å². The van der Waals surface area contributed by atoms with Gasteiger partial charge in [-0.1, -0.05) is 0 Å². The minimum atomic E-state index is -0.275. The third-order valence-electron chi connectivity index (χ3n) is 5.42. The molecule has 9 heteroatoms. The maximum atomic E-state index is 9.25. The number of aromatic nitrogens is 7. The number of aryl methyl sites for hydroxylation is 1. The van der Waals surface area contributed by atoms with E-state index in [1.807, 2.05) is 43.3 Å². The van der Waals surface area contributed by atoms with Gasteiger partial charge in [-0.05, 0) is 25.8 Å². The summed E-state index contributed by atoms with van der Waals surface area (Å²) in [7, 11) is 1.87. The predicted molar refractivity (Wildman–Crippen MR) is 103 cm³/mol. The van der Waals surface area contributed by atoms with Gasteiger partial charge in [0.05, 0.1) is 52.9 Å². The standard InChI is InChI=1S/C19H19N9/c1-19(11-20)5-13(6-19)27-9-14(18(21)25-27)17-16-3-4-22-28(16)10-15(24-17)12-7-23-26(2)8-12/h3-4,7-10,13H,5-6H2,1-2H3,(H2,21,25). The van der Waals surface area contributed by atoms with E-state index in [0.29, 0.717) is 5.82 Å². The lowest BCUT2D eigenvalue weighted by molar-refractivity contribution is 0.133. The highest BCUT2D eigenvalue weighted by atomic mass is 15.3. The summed E-state index contributed by atoms with van der Waals surface area (Å²) in [6.45, 7) is 1.98. The summed E-state index contributed by atoms with van der Waals surface area (Å²) in [5.41, 5.74) is 9.99. The van der Waals surface area contributed by atoms with Gasteiger partial charge >= 0.3 is 0 Å². The molecular formula is C19H19N9. The molecule has 0 aromatic carbocycles. The van der Waals surface area contributed by atoms with Gasteiger partial charge in [0, 0.05) is 25.0 Å². The van der Waals surface area contributed by atoms with Crippen molar-refractivity contribution in [1.82, 2.24) is 34.2 Å². The highest BCUT2D eigenvalue weighted by molar-refractivity contribution is 5.83. The molecule has 2 N–H and O–H groups in total. The number of nitrogens with zero attached hydrogens (tertiary/aromatic N) is 8. The average Bonchev–Trinajstić information content (AvgIpc) is 3.37. The Hall–Kier alpha value is -3.67. The van der Waals surface area contributed by atoms with Crippen LogP contribution in [0, 0.1) is 16.7 Å². The van der Waals surface area contributed by atoms with Crippen LogP contribution in [-0.2, 0) is 7.05 Å². The van der Waals surface area contributed by atoms with Crippen LogP contribution in [-0.4, -0.2) is 34.2 Å². The van der Waals surface area contributed by atoms with Gasteiger partial charge in [-0.3, -0.25) is 9.36 Å². The van der Waals surface area contributed by atoms with Gasteiger partial charge in [-0.2, -0.15) is 20.6 Å². The molecule has 0 atom stereocenters. The third-order valence-corrected chi connectivity index (χ3v) is 5.42. The largest absolute Gasteiger partial charge is 0.382 e. The van der Waals surface area contributed by atoms with Crippen molar-refractivity contribution < 1.29 is 0 Å². The van der Waals surface area contributed by atoms with E-state index >= 15 is 0 Å². The second-order valence-electron chi connectivity index (χ2n) is 7.68. The highest BCUT2D eigenvalue weighted by Crippen LogP contribution is 2.48. The van der Waals surface area contributed by atoms with Crippen molar-refractivity contribution in [2.45, 2.75) is 25.8 Å². The molecule has 1 aliphatic rings. The van der Waals surface area contributed by atoms with Crippen molar-refractivity contribution in [3.05, 3.63) is 37.1 Å². The topological polar surface area (TPSA) is 116 Å². The lowest BCUT2D eigenvalue weighted by Gasteiger charge is -2.39. The molecule has 4 heterocycles. The van der Waals surface area contributed by atoms with Gasteiger partial charge < -0.3 is 5.73 Å². The first-order valence-corrected chi connectivity index (χ1v) is 9.05. The van der Waals surface area contributed by atoms with E-state index in [2.05, 4.69) is 21.4 Å². The van der Waals surface area contributed by atoms with E-state index in [4.69, 9.17) is 10.7 Å². The fourth-order valence-corrected chi connectivity index (χ4v) is 3.85. The number of hydrogen-bond acceptors (Lipinski definition) is 6. The van der Waals surface area contributed by atoms with E-state index in [-0.39, 0.29) is 11.5 Å². The maximum Gasteiger partial charge on any atom is 0.155 e. The normalized spacial score (nSPS) is 21.5. The molecule has 1 saturated carbocycles. The number of hydrogen-bond donors (Lipinski definition) is 1. The molecule has 28 heavy (non-hydrogen) atoms. The smallest absolute Gasteiger partial charge is 0.155 e. The molecule has 140 valence electrons. The third kappa shape index (κ3) is 2.45. The number of nitriles is 1. The lowest BCUT2D eigenvalue weighted by atomic mass is 9.68. The van der Waals surface area contributed by atoms with E-state index in [9.17, 15) is 5.26 Å². The molecule has 1 aliphatic carbocycles. The van der Waals surface area contributed by atoms with Crippen LogP contribution >= 0.6 is 0 Å². The van der Waals surface area contributed by atoms with Crippen LogP contribution in [0.15, 0.2) is 37.1 Å². The molecule has 0 saturated heterocycles. The van der Waals surface area contributed by atoms with Crippen LogP contribution in [0.25, 0.3) is 28.0 Å². The Morgan fingerprint density at radius 2 is 2.07 bits per heavy atom. The summed E-state index contributed by atoms with van der Waals surface area (Å²) in [5.74, 6) is 0.421. The van der Waals surface area contributed by atoms with Crippen molar-refractivity contribution in [1.29, 1.82) is 5.26 Å². The van der Waals surface area contributed by atoms with E-state index in [0.717, 1.165) is 40.9 Å². The molecule has 0 spiro atoms. The molecule has 0 bridgehead atoms. The predicted octanol–water partition coefficient (Wildman–Crippen LogP) is 2.44. The van der Waals surface area contributed by atoms with E-state index in [1.165, 1.54) is 0 Å². The molecule has 1 fully saturated rings. The first-order valence-electron chi connectivity index (χ1n) is 9.05. The minimum absolute atomic E-state index is 0.183. The number of nitrogens with two attached hydrogens (primary N) is 1. The SMILES string of the molecule is Cn1cc(-c2cn3nccc3c(-c3cn(C4CC(C)(C#N)C4)nc3N)n2)cn1. The van der Waals surface area contributed by atoms with Gasteiger partial charge in [-0.15, -0.1) is 0 Å². The molecule has 0 aliphatic heterocycles. The zero-order valence-electron chi connectivity index (χ0n) is 15.6. The van der Waals surface area contributed by atoms with E-state index < -0.39 is 0 Å². The Morgan fingerprint density at radius 1 is 1.25 bits per heavy atom. The van der Waals surface area contributed by atoms with Crippen LogP contribution in [0.5, 0.6) is 0 Å². The molecule has 4 aromatic rings. The zero-order chi connectivity index (χ0) is 19.5. The van der Waals surface area contributed by atoms with Crippen molar-refractivity contribution in [2.24, 2.45) is 12.5 Å². The fraction of sp³-hybridized carbons (Fsp3) is 0.316. The monoisotopic (exact) mass is 373 g/mol. The Kier molecular flexibility index (Phi) is 3.34. The summed E-state index contributed by atoms with van der Waals surface area (Å²) in [5, 5.41) is 22.4. The van der Waals surface area contributed by atoms with Gasteiger partial charge in [0.1, 0.15) is 5.69 Å². The van der Waals surface area contributed by atoms with Crippen molar-refractivity contribution in [3.8, 4) is 28.6 Å². The molecule has 0 radical (unpaired) electrons. The maximum absolute atomic E-state index is 9.25. The second kappa shape index (κ2) is 5.66. The molecule has 9 nitrogen and oxygen atoms in total. The van der Waals surface area contributed by atoms with Gasteiger partial charge in [0.25, 0.3) is 0 Å². The molecule has 0 amide bonds. The quantitative estimate of drug-likeness (QED) is 0.590. The molecule has 0 unspecified atom stereocenters. The Balaban J connectivity index is 1.60. The Morgan fingerprint density at radius 3 is 2.79 bits per heavy atom. The Bertz CT molecular complexity index is 1230. The highest BCUT2D eigenvalue weighted by Gasteiger charge is 2.42. The average molecular weight is 373 g/mol. The summed E-state index contributed by atoms with van der Waals surface area (Å²) in [6.07, 6.45) is 10.8. The second-order valence-corrected chi connectivity index (χ2v) is 7.68. The molecule has 5 rings (SSSR count). The summed E-state index contributed by atoms with van der Waals surface area (Å²) in [6, 6.07) is 4.46. The summed E-state index contributed by atoms with van der Waals surface area (Å²) < 4.78 is 5.39. The summed E-state index contributed by atoms with van der Waals surface area (Å²) >= 11 is 0. The Labute approximate surface area is 161 Å². The van der Waals surface area contributed by atoms with Crippen molar-refractivity contribution in [2.75, 3.05) is 5.73 Å². The summed E-state index contributed by atoms with van der Waals surface area (Å²) in [4.78, 5) is 4.85.